The summed E-state index contributed by atoms with van der Waals surface area (Å²) < 4.78 is 12.3. The standard InChI is InChI=1S/C22H27N5OS/c1-24-22(25-13-15-29(28)20-10-3-2-4-11-20)26-19-9-7-14-27(17-19)21-12-6-5-8-18(21)16-23/h2-6,8,10-12,19H,7,9,13-15,17H2,1H3,(H2,24,25,26). The number of aliphatic imine (C=N–C) groups is 1. The average molecular weight is 410 g/mol. The van der Waals surface area contributed by atoms with Crippen LogP contribution in [0.2, 0.25) is 0 Å². The molecule has 2 atom stereocenters. The van der Waals surface area contributed by atoms with Crippen molar-refractivity contribution in [2.45, 2.75) is 23.8 Å². The molecule has 0 bridgehead atoms. The van der Waals surface area contributed by atoms with Crippen LogP contribution in [0.15, 0.2) is 64.5 Å². The predicted molar refractivity (Wildman–Crippen MR) is 119 cm³/mol. The quantitative estimate of drug-likeness (QED) is 0.566. The third-order valence-corrected chi connectivity index (χ3v) is 6.31. The van der Waals surface area contributed by atoms with Crippen LogP contribution in [0.4, 0.5) is 5.69 Å². The maximum absolute atomic E-state index is 12.3. The molecule has 1 fully saturated rings. The highest BCUT2D eigenvalue weighted by atomic mass is 32.2. The molecule has 6 nitrogen and oxygen atoms in total. The number of para-hydroxylation sites is 1. The van der Waals surface area contributed by atoms with Crippen LogP contribution in [-0.2, 0) is 10.8 Å². The van der Waals surface area contributed by atoms with Crippen molar-refractivity contribution in [3.63, 3.8) is 0 Å². The molecular formula is C22H27N5OS. The molecule has 0 radical (unpaired) electrons. The Hall–Kier alpha value is -2.85. The molecule has 29 heavy (non-hydrogen) atoms. The molecule has 0 aromatic heterocycles. The molecule has 1 aliphatic rings. The summed E-state index contributed by atoms with van der Waals surface area (Å²) in [5.41, 5.74) is 1.70. The lowest BCUT2D eigenvalue weighted by molar-refractivity contribution is 0.468. The predicted octanol–water partition coefficient (Wildman–Crippen LogP) is 2.50. The van der Waals surface area contributed by atoms with Gasteiger partial charge in [-0.3, -0.25) is 9.20 Å². The molecular weight excluding hydrogens is 382 g/mol. The molecule has 2 N–H and O–H groups in total. The molecule has 3 rings (SSSR count). The molecule has 2 aromatic carbocycles. The van der Waals surface area contributed by atoms with E-state index in [-0.39, 0.29) is 6.04 Å². The number of nitriles is 1. The van der Waals surface area contributed by atoms with E-state index in [1.807, 2.05) is 54.6 Å². The summed E-state index contributed by atoms with van der Waals surface area (Å²) in [6.45, 7) is 2.34. The van der Waals surface area contributed by atoms with Crippen molar-refractivity contribution in [3.8, 4) is 6.07 Å². The Morgan fingerprint density at radius 2 is 2.00 bits per heavy atom. The maximum Gasteiger partial charge on any atom is 0.191 e. The molecule has 1 saturated heterocycles. The molecule has 1 heterocycles. The molecule has 2 unspecified atom stereocenters. The lowest BCUT2D eigenvalue weighted by Gasteiger charge is -2.35. The first-order valence-corrected chi connectivity index (χ1v) is 11.2. The second-order valence-corrected chi connectivity index (χ2v) is 8.49. The monoisotopic (exact) mass is 409 g/mol. The third kappa shape index (κ3) is 5.81. The van der Waals surface area contributed by atoms with Crippen LogP contribution >= 0.6 is 0 Å². The number of nitrogens with one attached hydrogen (secondary N) is 2. The Balaban J connectivity index is 1.51. The molecule has 0 saturated carbocycles. The van der Waals surface area contributed by atoms with Crippen molar-refractivity contribution in [2.24, 2.45) is 4.99 Å². The lowest BCUT2D eigenvalue weighted by Crippen LogP contribution is -2.51. The minimum Gasteiger partial charge on any atom is -0.368 e. The number of benzene rings is 2. The summed E-state index contributed by atoms with van der Waals surface area (Å²) in [6.07, 6.45) is 2.09. The van der Waals surface area contributed by atoms with Crippen LogP contribution in [0.25, 0.3) is 0 Å². The van der Waals surface area contributed by atoms with Gasteiger partial charge in [0.15, 0.2) is 5.96 Å². The van der Waals surface area contributed by atoms with Crippen molar-refractivity contribution in [1.82, 2.24) is 10.6 Å². The van der Waals surface area contributed by atoms with E-state index >= 15 is 0 Å². The largest absolute Gasteiger partial charge is 0.368 e. The van der Waals surface area contributed by atoms with Crippen LogP contribution < -0.4 is 15.5 Å². The Bertz CT molecular complexity index is 894. The van der Waals surface area contributed by atoms with Crippen molar-refractivity contribution >= 4 is 22.4 Å². The van der Waals surface area contributed by atoms with Crippen molar-refractivity contribution in [3.05, 3.63) is 60.2 Å². The number of rotatable bonds is 6. The Morgan fingerprint density at radius 1 is 1.24 bits per heavy atom. The molecule has 0 spiro atoms. The van der Waals surface area contributed by atoms with Gasteiger partial charge in [0.1, 0.15) is 6.07 Å². The van der Waals surface area contributed by atoms with Gasteiger partial charge >= 0.3 is 0 Å². The second-order valence-electron chi connectivity index (χ2n) is 6.92. The summed E-state index contributed by atoms with van der Waals surface area (Å²) in [7, 11) is 0.718. The smallest absolute Gasteiger partial charge is 0.191 e. The zero-order chi connectivity index (χ0) is 20.5. The highest BCUT2D eigenvalue weighted by Gasteiger charge is 2.22. The first kappa shape index (κ1) is 20.9. The van der Waals surface area contributed by atoms with Crippen LogP contribution in [0.5, 0.6) is 0 Å². The minimum absolute atomic E-state index is 0.237. The first-order valence-electron chi connectivity index (χ1n) is 9.86. The Labute approximate surface area is 175 Å². The molecule has 0 amide bonds. The lowest BCUT2D eigenvalue weighted by atomic mass is 10.0. The molecule has 0 aliphatic carbocycles. The summed E-state index contributed by atoms with van der Waals surface area (Å²) in [5, 5.41) is 16.1. The van der Waals surface area contributed by atoms with Gasteiger partial charge in [-0.05, 0) is 37.1 Å². The highest BCUT2D eigenvalue weighted by molar-refractivity contribution is 7.85. The molecule has 152 valence electrons. The Morgan fingerprint density at radius 3 is 2.76 bits per heavy atom. The zero-order valence-corrected chi connectivity index (χ0v) is 17.5. The summed E-state index contributed by atoms with van der Waals surface area (Å²) in [5.74, 6) is 1.24. The van der Waals surface area contributed by atoms with E-state index in [1.54, 1.807) is 7.05 Å². The van der Waals surface area contributed by atoms with E-state index in [0.29, 0.717) is 17.9 Å². The van der Waals surface area contributed by atoms with E-state index in [1.165, 1.54) is 0 Å². The number of anilines is 1. The minimum atomic E-state index is -1.03. The van der Waals surface area contributed by atoms with Gasteiger partial charge in [-0.15, -0.1) is 0 Å². The van der Waals surface area contributed by atoms with Gasteiger partial charge < -0.3 is 15.5 Å². The van der Waals surface area contributed by atoms with E-state index in [4.69, 9.17) is 0 Å². The van der Waals surface area contributed by atoms with Gasteiger partial charge in [0.2, 0.25) is 0 Å². The van der Waals surface area contributed by atoms with Crippen LogP contribution in [0.1, 0.15) is 18.4 Å². The fraction of sp³-hybridized carbons (Fsp3) is 0.364. The SMILES string of the molecule is CN=C(NCCS(=O)c1ccccc1)NC1CCCN(c2ccccc2C#N)C1. The van der Waals surface area contributed by atoms with Crippen molar-refractivity contribution < 1.29 is 4.21 Å². The normalized spacial score (nSPS) is 18.0. The topological polar surface area (TPSA) is 80.5 Å². The maximum atomic E-state index is 12.3. The second kappa shape index (κ2) is 10.6. The van der Waals surface area contributed by atoms with Gasteiger partial charge in [-0.2, -0.15) is 5.26 Å². The van der Waals surface area contributed by atoms with Crippen molar-refractivity contribution in [2.75, 3.05) is 37.3 Å². The van der Waals surface area contributed by atoms with Gasteiger partial charge in [-0.1, -0.05) is 30.3 Å². The van der Waals surface area contributed by atoms with Crippen LogP contribution in [0.3, 0.4) is 0 Å². The average Bonchev–Trinajstić information content (AvgIpc) is 2.79. The number of hydrogen-bond acceptors (Lipinski definition) is 4. The molecule has 1 aliphatic heterocycles. The van der Waals surface area contributed by atoms with E-state index < -0.39 is 10.8 Å². The summed E-state index contributed by atoms with van der Waals surface area (Å²) >= 11 is 0. The van der Waals surface area contributed by atoms with E-state index in [0.717, 1.165) is 42.5 Å². The fourth-order valence-electron chi connectivity index (χ4n) is 3.50. The fourth-order valence-corrected chi connectivity index (χ4v) is 4.48. The summed E-state index contributed by atoms with van der Waals surface area (Å²) in [6, 6.07) is 19.8. The first-order chi connectivity index (χ1) is 14.2. The van der Waals surface area contributed by atoms with Gasteiger partial charge in [-0.25, -0.2) is 0 Å². The van der Waals surface area contributed by atoms with Gasteiger partial charge in [0.25, 0.3) is 0 Å². The highest BCUT2D eigenvalue weighted by Crippen LogP contribution is 2.23. The molecule has 2 aromatic rings. The van der Waals surface area contributed by atoms with Crippen LogP contribution in [-0.4, -0.2) is 48.6 Å². The number of nitrogens with zero attached hydrogens (tertiary/aromatic N) is 3. The summed E-state index contributed by atoms with van der Waals surface area (Å²) in [4.78, 5) is 7.41. The number of piperidine rings is 1. The zero-order valence-electron chi connectivity index (χ0n) is 16.7. The van der Waals surface area contributed by atoms with E-state index in [2.05, 4.69) is 26.6 Å². The Kier molecular flexibility index (Phi) is 7.65. The molecule has 7 heteroatoms. The van der Waals surface area contributed by atoms with Gasteiger partial charge in [0, 0.05) is 43.4 Å². The van der Waals surface area contributed by atoms with Crippen molar-refractivity contribution in [1.29, 1.82) is 5.26 Å². The van der Waals surface area contributed by atoms with Gasteiger partial charge in [0.05, 0.1) is 22.1 Å². The number of guanidine groups is 1. The third-order valence-electron chi connectivity index (χ3n) is 4.94. The van der Waals surface area contributed by atoms with E-state index in [9.17, 15) is 9.47 Å². The van der Waals surface area contributed by atoms with Crippen LogP contribution in [0, 0.1) is 11.3 Å². The number of hydrogen-bond donors (Lipinski definition) is 2.